The molecule has 1 N–H and O–H groups in total. The second kappa shape index (κ2) is 5.80. The van der Waals surface area contributed by atoms with E-state index in [1.54, 1.807) is 25.2 Å². The van der Waals surface area contributed by atoms with Crippen LogP contribution in [0.2, 0.25) is 5.02 Å². The van der Waals surface area contributed by atoms with Crippen molar-refractivity contribution in [2.75, 3.05) is 7.05 Å². The third kappa shape index (κ3) is 2.97. The van der Waals surface area contributed by atoms with Crippen molar-refractivity contribution in [1.82, 2.24) is 10.3 Å². The molecule has 0 atom stereocenters. The molecule has 94 valence electrons. The third-order valence-electron chi connectivity index (χ3n) is 2.34. The Balaban J connectivity index is 2.31. The number of aromatic nitrogens is 1. The molecule has 5 heteroatoms. The van der Waals surface area contributed by atoms with E-state index < -0.39 is 0 Å². The Morgan fingerprint density at radius 1 is 1.39 bits per heavy atom. The Hall–Kier alpha value is -1.65. The second-order valence-corrected chi connectivity index (χ2v) is 4.12. The summed E-state index contributed by atoms with van der Waals surface area (Å²) in [6.07, 6.45) is 3.04. The number of nitrogens with zero attached hydrogens (tertiary/aromatic N) is 1. The highest BCUT2D eigenvalue weighted by Gasteiger charge is 2.09. The van der Waals surface area contributed by atoms with E-state index in [4.69, 9.17) is 16.3 Å². The number of hydrogen-bond acceptors (Lipinski definition) is 3. The van der Waals surface area contributed by atoms with Gasteiger partial charge in [0.2, 0.25) is 0 Å². The predicted molar refractivity (Wildman–Crippen MR) is 68.5 cm³/mol. The van der Waals surface area contributed by atoms with Crippen LogP contribution < -0.4 is 10.1 Å². The molecule has 0 radical (unpaired) electrons. The number of hydrogen-bond donors (Lipinski definition) is 1. The minimum atomic E-state index is -0.308. The summed E-state index contributed by atoms with van der Waals surface area (Å²) in [6, 6.07) is 6.33. The largest absolute Gasteiger partial charge is 0.455 e. The van der Waals surface area contributed by atoms with Gasteiger partial charge in [-0.2, -0.15) is 0 Å². The summed E-state index contributed by atoms with van der Waals surface area (Å²) in [6.45, 7) is 0.385. The Kier molecular flexibility index (Phi) is 4.12. The molecular weight excluding hydrogens is 255 g/mol. The minimum absolute atomic E-state index is 0.308. The average Bonchev–Trinajstić information content (AvgIpc) is 2.34. The first-order valence-corrected chi connectivity index (χ1v) is 5.79. The van der Waals surface area contributed by atoms with E-state index in [0.717, 1.165) is 0 Å². The van der Waals surface area contributed by atoms with Crippen LogP contribution in [0.1, 0.15) is 5.56 Å². The smallest absolute Gasteiger partial charge is 0.147 e. The molecule has 0 aliphatic carbocycles. The maximum absolute atomic E-state index is 13.7. The van der Waals surface area contributed by atoms with Crippen LogP contribution in [0.3, 0.4) is 0 Å². The zero-order valence-electron chi connectivity index (χ0n) is 9.78. The lowest BCUT2D eigenvalue weighted by Crippen LogP contribution is -2.08. The van der Waals surface area contributed by atoms with Gasteiger partial charge in [-0.3, -0.25) is 4.98 Å². The number of pyridine rings is 1. The quantitative estimate of drug-likeness (QED) is 0.921. The molecule has 1 aromatic heterocycles. The fraction of sp³-hybridized carbons (Fsp3) is 0.154. The van der Waals surface area contributed by atoms with Crippen molar-refractivity contribution in [1.29, 1.82) is 0 Å². The van der Waals surface area contributed by atoms with Crippen LogP contribution in [0, 0.1) is 5.82 Å². The molecule has 0 fully saturated rings. The van der Waals surface area contributed by atoms with Crippen LogP contribution in [-0.4, -0.2) is 12.0 Å². The van der Waals surface area contributed by atoms with Crippen molar-refractivity contribution in [3.8, 4) is 11.5 Å². The molecule has 3 nitrogen and oxygen atoms in total. The van der Waals surface area contributed by atoms with Gasteiger partial charge in [-0.25, -0.2) is 4.39 Å². The van der Waals surface area contributed by atoms with Crippen molar-refractivity contribution in [3.63, 3.8) is 0 Å². The molecule has 2 rings (SSSR count). The molecule has 1 aromatic carbocycles. The van der Waals surface area contributed by atoms with Crippen molar-refractivity contribution < 1.29 is 9.13 Å². The molecule has 0 bridgehead atoms. The van der Waals surface area contributed by atoms with E-state index in [1.807, 2.05) is 0 Å². The Bertz CT molecular complexity index is 548. The van der Waals surface area contributed by atoms with Gasteiger partial charge in [-0.15, -0.1) is 0 Å². The second-order valence-electron chi connectivity index (χ2n) is 3.69. The van der Waals surface area contributed by atoms with Crippen LogP contribution in [0.4, 0.5) is 4.39 Å². The molecule has 0 aliphatic rings. The highest BCUT2D eigenvalue weighted by Crippen LogP contribution is 2.27. The van der Waals surface area contributed by atoms with Crippen LogP contribution in [0.15, 0.2) is 36.7 Å². The first-order valence-electron chi connectivity index (χ1n) is 5.41. The van der Waals surface area contributed by atoms with Crippen LogP contribution in [0.25, 0.3) is 0 Å². The van der Waals surface area contributed by atoms with E-state index in [1.165, 1.54) is 18.5 Å². The molecule has 0 spiro atoms. The summed E-state index contributed by atoms with van der Waals surface area (Å²) >= 11 is 5.81. The van der Waals surface area contributed by atoms with Gasteiger partial charge in [0.05, 0.1) is 11.2 Å². The zero-order valence-corrected chi connectivity index (χ0v) is 10.5. The molecule has 2 aromatic rings. The summed E-state index contributed by atoms with van der Waals surface area (Å²) < 4.78 is 19.3. The summed E-state index contributed by atoms with van der Waals surface area (Å²) in [4.78, 5) is 3.91. The van der Waals surface area contributed by atoms with E-state index in [-0.39, 0.29) is 5.82 Å². The number of ether oxygens (including phenoxy) is 1. The maximum atomic E-state index is 13.7. The standard InChI is InChI=1S/C13H12ClFN2O/c1-16-8-11-12(15)3-2-4-13(11)18-10-5-9(14)6-17-7-10/h2-7,16H,8H2,1H3. The highest BCUT2D eigenvalue weighted by molar-refractivity contribution is 6.30. The van der Waals surface area contributed by atoms with Crippen molar-refractivity contribution in [2.24, 2.45) is 0 Å². The van der Waals surface area contributed by atoms with Crippen LogP contribution >= 0.6 is 11.6 Å². The number of rotatable bonds is 4. The van der Waals surface area contributed by atoms with Crippen molar-refractivity contribution >= 4 is 11.6 Å². The van der Waals surface area contributed by atoms with E-state index in [0.29, 0.717) is 28.6 Å². The fourth-order valence-electron chi connectivity index (χ4n) is 1.56. The van der Waals surface area contributed by atoms with Crippen molar-refractivity contribution in [2.45, 2.75) is 6.54 Å². The Labute approximate surface area is 110 Å². The monoisotopic (exact) mass is 266 g/mol. The SMILES string of the molecule is CNCc1c(F)cccc1Oc1cncc(Cl)c1. The highest BCUT2D eigenvalue weighted by atomic mass is 35.5. The van der Waals surface area contributed by atoms with E-state index in [9.17, 15) is 4.39 Å². The number of halogens is 2. The molecule has 0 aliphatic heterocycles. The summed E-state index contributed by atoms with van der Waals surface area (Å²) in [5, 5.41) is 3.37. The Morgan fingerprint density at radius 3 is 2.94 bits per heavy atom. The van der Waals surface area contributed by atoms with Gasteiger partial charge in [0, 0.05) is 24.4 Å². The van der Waals surface area contributed by atoms with E-state index >= 15 is 0 Å². The molecule has 0 unspecified atom stereocenters. The molecular formula is C13H12ClFN2O. The maximum Gasteiger partial charge on any atom is 0.147 e. The van der Waals surface area contributed by atoms with Gasteiger partial charge in [0.25, 0.3) is 0 Å². The number of nitrogens with one attached hydrogen (secondary N) is 1. The van der Waals surface area contributed by atoms with Gasteiger partial charge in [-0.05, 0) is 19.2 Å². The molecule has 18 heavy (non-hydrogen) atoms. The first-order chi connectivity index (χ1) is 8.70. The molecule has 1 heterocycles. The predicted octanol–water partition coefficient (Wildman–Crippen LogP) is 3.39. The van der Waals surface area contributed by atoms with E-state index in [2.05, 4.69) is 10.3 Å². The molecule has 0 amide bonds. The summed E-state index contributed by atoms with van der Waals surface area (Å²) in [7, 11) is 1.75. The fourth-order valence-corrected chi connectivity index (χ4v) is 1.72. The van der Waals surface area contributed by atoms with Gasteiger partial charge in [0.1, 0.15) is 17.3 Å². The lowest BCUT2D eigenvalue weighted by Gasteiger charge is -2.11. The van der Waals surface area contributed by atoms with Crippen LogP contribution in [0.5, 0.6) is 11.5 Å². The van der Waals surface area contributed by atoms with Gasteiger partial charge in [-0.1, -0.05) is 17.7 Å². The molecule has 0 saturated heterocycles. The minimum Gasteiger partial charge on any atom is -0.455 e. The zero-order chi connectivity index (χ0) is 13.0. The lowest BCUT2D eigenvalue weighted by atomic mass is 10.2. The number of benzene rings is 1. The summed E-state index contributed by atoms with van der Waals surface area (Å²) in [5.41, 5.74) is 0.472. The topological polar surface area (TPSA) is 34.1 Å². The van der Waals surface area contributed by atoms with Gasteiger partial charge < -0.3 is 10.1 Å². The average molecular weight is 267 g/mol. The Morgan fingerprint density at radius 2 is 2.22 bits per heavy atom. The first kappa shape index (κ1) is 12.8. The summed E-state index contributed by atoms with van der Waals surface area (Å²) in [5.74, 6) is 0.621. The van der Waals surface area contributed by atoms with Crippen molar-refractivity contribution in [3.05, 3.63) is 53.1 Å². The molecule has 0 saturated carbocycles. The van der Waals surface area contributed by atoms with Gasteiger partial charge >= 0.3 is 0 Å². The van der Waals surface area contributed by atoms with Gasteiger partial charge in [0.15, 0.2) is 0 Å². The normalized spacial score (nSPS) is 10.4. The van der Waals surface area contributed by atoms with Crippen LogP contribution in [-0.2, 0) is 6.54 Å². The third-order valence-corrected chi connectivity index (χ3v) is 2.54. The lowest BCUT2D eigenvalue weighted by molar-refractivity contribution is 0.462.